The highest BCUT2D eigenvalue weighted by Crippen LogP contribution is 2.36. The topological polar surface area (TPSA) is 12.0 Å². The van der Waals surface area contributed by atoms with Gasteiger partial charge in [-0.2, -0.15) is 0 Å². The van der Waals surface area contributed by atoms with Crippen molar-refractivity contribution >= 4 is 21.4 Å². The molecule has 0 unspecified atom stereocenters. The molecule has 1 aromatic carbocycles. The smallest absolute Gasteiger partial charge is 0.0380 e. The molecule has 1 N–H and O–H groups in total. The fourth-order valence-electron chi connectivity index (χ4n) is 2.37. The molecule has 0 saturated heterocycles. The maximum Gasteiger partial charge on any atom is 0.0380 e. The number of hydrogen-bond donors (Lipinski definition) is 1. The van der Waals surface area contributed by atoms with Crippen molar-refractivity contribution in [3.63, 3.8) is 0 Å². The number of rotatable bonds is 4. The summed E-state index contributed by atoms with van der Waals surface area (Å²) in [6, 6.07) is 4.49. The van der Waals surface area contributed by atoms with Crippen molar-refractivity contribution in [1.82, 2.24) is 5.32 Å². The fourth-order valence-corrected chi connectivity index (χ4v) is 3.78. The van der Waals surface area contributed by atoms with Gasteiger partial charge < -0.3 is 5.32 Å². The Morgan fingerprint density at radius 2 is 1.82 bits per heavy atom. The van der Waals surface area contributed by atoms with Crippen LogP contribution in [0.2, 0.25) is 0 Å². The number of aryl methyl sites for hydroxylation is 3. The molecule has 0 saturated carbocycles. The molecule has 1 heterocycles. The average molecular weight is 247 g/mol. The predicted octanol–water partition coefficient (Wildman–Crippen LogP) is 4.19. The van der Waals surface area contributed by atoms with Crippen LogP contribution in [-0.2, 0) is 13.0 Å². The number of nitrogens with one attached hydrogen (secondary N) is 1. The summed E-state index contributed by atoms with van der Waals surface area (Å²) in [5.74, 6) is 0. The quantitative estimate of drug-likeness (QED) is 0.854. The Morgan fingerprint density at radius 3 is 2.47 bits per heavy atom. The average Bonchev–Trinajstić information content (AvgIpc) is 2.71. The van der Waals surface area contributed by atoms with Crippen molar-refractivity contribution in [2.75, 3.05) is 6.54 Å². The van der Waals surface area contributed by atoms with Gasteiger partial charge in [0.2, 0.25) is 0 Å². The molecule has 1 nitrogen and oxygen atoms in total. The highest BCUT2D eigenvalue weighted by molar-refractivity contribution is 7.19. The minimum Gasteiger partial charge on any atom is -0.312 e. The lowest BCUT2D eigenvalue weighted by Crippen LogP contribution is -2.11. The molecular formula is C15H21NS. The van der Waals surface area contributed by atoms with Gasteiger partial charge in [-0.3, -0.25) is 0 Å². The Morgan fingerprint density at radius 1 is 1.12 bits per heavy atom. The highest BCUT2D eigenvalue weighted by atomic mass is 32.1. The Kier molecular flexibility index (Phi) is 3.85. The molecule has 0 aliphatic rings. The summed E-state index contributed by atoms with van der Waals surface area (Å²) < 4.78 is 1.48. The minimum atomic E-state index is 1.01. The van der Waals surface area contributed by atoms with Gasteiger partial charge in [0, 0.05) is 16.1 Å². The molecule has 0 fully saturated rings. The third kappa shape index (κ3) is 2.24. The van der Waals surface area contributed by atoms with Gasteiger partial charge in [0.15, 0.2) is 0 Å². The second kappa shape index (κ2) is 5.19. The predicted molar refractivity (Wildman–Crippen MR) is 78.1 cm³/mol. The second-order valence-electron chi connectivity index (χ2n) is 4.54. The zero-order valence-electron chi connectivity index (χ0n) is 11.2. The Labute approximate surface area is 108 Å². The Hall–Kier alpha value is -0.860. The molecule has 1 aromatic heterocycles. The van der Waals surface area contributed by atoms with Crippen LogP contribution in [0.3, 0.4) is 0 Å². The number of benzene rings is 1. The van der Waals surface area contributed by atoms with E-state index in [0.29, 0.717) is 0 Å². The van der Waals surface area contributed by atoms with Gasteiger partial charge in [0.25, 0.3) is 0 Å². The van der Waals surface area contributed by atoms with Gasteiger partial charge in [-0.25, -0.2) is 0 Å². The van der Waals surface area contributed by atoms with Crippen molar-refractivity contribution in [2.24, 2.45) is 0 Å². The van der Waals surface area contributed by atoms with Crippen molar-refractivity contribution in [1.29, 1.82) is 0 Å². The molecule has 0 bridgehead atoms. The van der Waals surface area contributed by atoms with E-state index in [9.17, 15) is 0 Å². The first-order chi connectivity index (χ1) is 8.19. The lowest BCUT2D eigenvalue weighted by atomic mass is 10.0. The van der Waals surface area contributed by atoms with Gasteiger partial charge >= 0.3 is 0 Å². The summed E-state index contributed by atoms with van der Waals surface area (Å²) in [7, 11) is 0. The zero-order valence-corrected chi connectivity index (χ0v) is 12.0. The van der Waals surface area contributed by atoms with E-state index in [1.165, 1.54) is 26.1 Å². The van der Waals surface area contributed by atoms with Crippen LogP contribution in [0, 0.1) is 13.8 Å². The fraction of sp³-hybridized carbons (Fsp3) is 0.467. The van der Waals surface area contributed by atoms with E-state index < -0.39 is 0 Å². The maximum absolute atomic E-state index is 3.45. The third-order valence-electron chi connectivity index (χ3n) is 3.32. The summed E-state index contributed by atoms with van der Waals surface area (Å²) in [6.07, 6.45) is 1.13. The lowest BCUT2D eigenvalue weighted by Gasteiger charge is -2.04. The first kappa shape index (κ1) is 12.6. The summed E-state index contributed by atoms with van der Waals surface area (Å²) in [5.41, 5.74) is 4.38. The van der Waals surface area contributed by atoms with E-state index in [0.717, 1.165) is 19.5 Å². The monoisotopic (exact) mass is 247 g/mol. The van der Waals surface area contributed by atoms with Gasteiger partial charge in [-0.05, 0) is 48.9 Å². The molecular weight excluding hydrogens is 226 g/mol. The normalized spacial score (nSPS) is 11.3. The van der Waals surface area contributed by atoms with E-state index in [1.54, 1.807) is 5.56 Å². The van der Waals surface area contributed by atoms with Gasteiger partial charge in [0.05, 0.1) is 0 Å². The molecule has 0 atom stereocenters. The third-order valence-corrected chi connectivity index (χ3v) is 4.68. The van der Waals surface area contributed by atoms with E-state index in [2.05, 4.69) is 45.1 Å². The Balaban J connectivity index is 2.62. The molecule has 2 heteroatoms. The van der Waals surface area contributed by atoms with Crippen molar-refractivity contribution in [3.05, 3.63) is 33.7 Å². The summed E-state index contributed by atoms with van der Waals surface area (Å²) in [6.45, 7) is 10.9. The van der Waals surface area contributed by atoms with E-state index in [1.807, 2.05) is 11.3 Å². The number of hydrogen-bond acceptors (Lipinski definition) is 2. The van der Waals surface area contributed by atoms with E-state index in [4.69, 9.17) is 0 Å². The highest BCUT2D eigenvalue weighted by Gasteiger charge is 2.13. The van der Waals surface area contributed by atoms with Gasteiger partial charge in [0.1, 0.15) is 0 Å². The summed E-state index contributed by atoms with van der Waals surface area (Å²) >= 11 is 1.97. The van der Waals surface area contributed by atoms with Crippen LogP contribution in [0.5, 0.6) is 0 Å². The first-order valence-corrected chi connectivity index (χ1v) is 7.21. The number of fused-ring (bicyclic) bond motifs is 1. The second-order valence-corrected chi connectivity index (χ2v) is 5.65. The molecule has 2 aromatic rings. The molecule has 0 spiro atoms. The Bertz CT molecular complexity index is 525. The van der Waals surface area contributed by atoms with E-state index >= 15 is 0 Å². The number of thiophene rings is 1. The first-order valence-electron chi connectivity index (χ1n) is 6.40. The van der Waals surface area contributed by atoms with Gasteiger partial charge in [-0.15, -0.1) is 11.3 Å². The summed E-state index contributed by atoms with van der Waals surface area (Å²) in [5, 5.41) is 4.95. The molecule has 0 radical (unpaired) electrons. The molecule has 0 amide bonds. The molecule has 92 valence electrons. The molecule has 0 aliphatic heterocycles. The minimum absolute atomic E-state index is 1.01. The van der Waals surface area contributed by atoms with Crippen LogP contribution >= 0.6 is 11.3 Å². The van der Waals surface area contributed by atoms with Crippen LogP contribution < -0.4 is 5.32 Å². The molecule has 2 rings (SSSR count). The standard InChI is InChI=1S/C15H21NS/c1-5-12-13(9-16-6-2)17-15-11(4)8-7-10(3)14(12)15/h7-8,16H,5-6,9H2,1-4H3. The van der Waals surface area contributed by atoms with Crippen LogP contribution in [0.4, 0.5) is 0 Å². The molecule has 17 heavy (non-hydrogen) atoms. The summed E-state index contributed by atoms with van der Waals surface area (Å²) in [4.78, 5) is 1.52. The molecule has 0 aliphatic carbocycles. The van der Waals surface area contributed by atoms with Crippen LogP contribution in [-0.4, -0.2) is 6.54 Å². The van der Waals surface area contributed by atoms with Crippen LogP contribution in [0.1, 0.15) is 35.4 Å². The van der Waals surface area contributed by atoms with Gasteiger partial charge in [-0.1, -0.05) is 26.0 Å². The SMILES string of the molecule is CCNCc1sc2c(C)ccc(C)c2c1CC. The van der Waals surface area contributed by atoms with Crippen LogP contribution in [0.25, 0.3) is 10.1 Å². The van der Waals surface area contributed by atoms with Crippen molar-refractivity contribution in [3.8, 4) is 0 Å². The lowest BCUT2D eigenvalue weighted by molar-refractivity contribution is 0.731. The zero-order chi connectivity index (χ0) is 12.4. The van der Waals surface area contributed by atoms with Crippen molar-refractivity contribution < 1.29 is 0 Å². The van der Waals surface area contributed by atoms with Crippen molar-refractivity contribution in [2.45, 2.75) is 40.7 Å². The van der Waals surface area contributed by atoms with Crippen LogP contribution in [0.15, 0.2) is 12.1 Å². The van der Waals surface area contributed by atoms with E-state index in [-0.39, 0.29) is 0 Å². The maximum atomic E-state index is 3.45. The largest absolute Gasteiger partial charge is 0.312 e.